The van der Waals surface area contributed by atoms with Crippen LogP contribution in [0, 0.1) is 0 Å². The average molecular weight is 423 g/mol. The molecule has 0 heterocycles. The lowest BCUT2D eigenvalue weighted by Crippen LogP contribution is -2.26. The molecule has 2 rings (SSSR count). The Hall–Kier alpha value is -3.50. The van der Waals surface area contributed by atoms with E-state index in [9.17, 15) is 0 Å². The lowest BCUT2D eigenvalue weighted by atomic mass is 10.3. The zero-order valence-corrected chi connectivity index (χ0v) is 16.1. The number of halogens is 2. The lowest BCUT2D eigenvalue weighted by Gasteiger charge is -1.97. The van der Waals surface area contributed by atoms with Crippen LogP contribution in [0.15, 0.2) is 68.5 Å². The monoisotopic (exact) mass is 422 g/mol. The van der Waals surface area contributed by atoms with Gasteiger partial charge in [0.2, 0.25) is 11.9 Å². The molecule has 0 saturated heterocycles. The van der Waals surface area contributed by atoms with Crippen LogP contribution in [-0.2, 0) is 0 Å². The van der Waals surface area contributed by atoms with Crippen molar-refractivity contribution in [2.24, 2.45) is 54.4 Å². The zero-order valence-electron chi connectivity index (χ0n) is 14.6. The van der Waals surface area contributed by atoms with Gasteiger partial charge in [0, 0.05) is 5.02 Å². The molecular weight excluding hydrogens is 403 g/mol. The molecule has 0 amide bonds. The Morgan fingerprint density at radius 1 is 0.643 bits per heavy atom. The summed E-state index contributed by atoms with van der Waals surface area (Å²) in [6, 6.07) is 13.8. The van der Waals surface area contributed by atoms with E-state index in [1.54, 1.807) is 48.5 Å². The quantitative estimate of drug-likeness (QED) is 0.308. The number of nitrogens with zero attached hydrogens (tertiary/aromatic N) is 4. The summed E-state index contributed by atoms with van der Waals surface area (Å²) < 4.78 is 0. The summed E-state index contributed by atoms with van der Waals surface area (Å²) in [4.78, 5) is 15.0. The van der Waals surface area contributed by atoms with Crippen molar-refractivity contribution in [2.75, 3.05) is 0 Å². The van der Waals surface area contributed by atoms with Gasteiger partial charge in [0.1, 0.15) is 0 Å². The second-order valence-corrected chi connectivity index (χ2v) is 5.78. The normalized spacial score (nSPS) is 11.1. The molecule has 0 aliphatic rings. The number of para-hydroxylation sites is 1. The van der Waals surface area contributed by atoms with Crippen LogP contribution in [0.5, 0.6) is 0 Å². The maximum Gasteiger partial charge on any atom is 0.223 e. The van der Waals surface area contributed by atoms with Gasteiger partial charge in [0.15, 0.2) is 11.9 Å². The van der Waals surface area contributed by atoms with Crippen molar-refractivity contribution in [3.8, 4) is 0 Å². The number of aliphatic imine (C=N–C) groups is 4. The molecule has 2 aromatic rings. The molecule has 12 N–H and O–H groups in total. The predicted molar refractivity (Wildman–Crippen MR) is 117 cm³/mol. The van der Waals surface area contributed by atoms with Gasteiger partial charge in [-0.1, -0.05) is 35.3 Å². The Balaban J connectivity index is 0.000000280. The number of nitrogens with two attached hydrogens (primary N) is 6. The maximum atomic E-state index is 5.83. The second kappa shape index (κ2) is 11.3. The molecule has 0 bridgehead atoms. The van der Waals surface area contributed by atoms with Gasteiger partial charge in [-0.15, -0.1) is 0 Å². The summed E-state index contributed by atoms with van der Waals surface area (Å²) >= 11 is 11.5. The first kappa shape index (κ1) is 22.5. The molecule has 0 aliphatic carbocycles. The van der Waals surface area contributed by atoms with Crippen LogP contribution in [0.3, 0.4) is 0 Å². The van der Waals surface area contributed by atoms with Crippen LogP contribution in [0.2, 0.25) is 10.0 Å². The minimum absolute atomic E-state index is 0.00678. The van der Waals surface area contributed by atoms with E-state index in [4.69, 9.17) is 57.6 Å². The van der Waals surface area contributed by atoms with E-state index in [1.165, 1.54) is 0 Å². The first-order valence-corrected chi connectivity index (χ1v) is 8.30. The fraction of sp³-hybridized carbons (Fsp3) is 0. The topological polar surface area (TPSA) is 206 Å². The summed E-state index contributed by atoms with van der Waals surface area (Å²) in [5, 5.41) is 1.12. The van der Waals surface area contributed by atoms with Gasteiger partial charge in [-0.2, -0.15) is 9.98 Å². The summed E-state index contributed by atoms with van der Waals surface area (Å²) in [5.41, 5.74) is 32.5. The number of hydrogen-bond donors (Lipinski definition) is 6. The highest BCUT2D eigenvalue weighted by molar-refractivity contribution is 6.33. The molecule has 0 aromatic heterocycles. The minimum atomic E-state index is -0.140. The third kappa shape index (κ3) is 9.27. The highest BCUT2D eigenvalue weighted by Gasteiger charge is 1.97. The van der Waals surface area contributed by atoms with Gasteiger partial charge in [0.25, 0.3) is 0 Å². The van der Waals surface area contributed by atoms with Crippen molar-refractivity contribution in [3.63, 3.8) is 0 Å². The van der Waals surface area contributed by atoms with Crippen molar-refractivity contribution in [3.05, 3.63) is 58.6 Å². The third-order valence-electron chi connectivity index (χ3n) is 2.65. The van der Waals surface area contributed by atoms with Crippen LogP contribution in [0.4, 0.5) is 11.4 Å². The van der Waals surface area contributed by atoms with E-state index < -0.39 is 0 Å². The molecule has 0 unspecified atom stereocenters. The average Bonchev–Trinajstić information content (AvgIpc) is 2.58. The van der Waals surface area contributed by atoms with Gasteiger partial charge in [-0.3, -0.25) is 0 Å². The van der Waals surface area contributed by atoms with E-state index in [1.807, 2.05) is 0 Å². The summed E-state index contributed by atoms with van der Waals surface area (Å²) in [5.74, 6) is -0.288. The van der Waals surface area contributed by atoms with Crippen molar-refractivity contribution < 1.29 is 0 Å². The number of rotatable bonds is 2. The Morgan fingerprint density at radius 2 is 1.14 bits per heavy atom. The number of hydrogen-bond acceptors (Lipinski definition) is 2. The first-order valence-electron chi connectivity index (χ1n) is 7.55. The van der Waals surface area contributed by atoms with Crippen molar-refractivity contribution in [2.45, 2.75) is 0 Å². The Labute approximate surface area is 171 Å². The molecule has 0 saturated carbocycles. The van der Waals surface area contributed by atoms with E-state index >= 15 is 0 Å². The highest BCUT2D eigenvalue weighted by Crippen LogP contribution is 2.23. The zero-order chi connectivity index (χ0) is 21.1. The van der Waals surface area contributed by atoms with E-state index in [2.05, 4.69) is 20.0 Å². The first-order chi connectivity index (χ1) is 13.2. The van der Waals surface area contributed by atoms with Crippen LogP contribution >= 0.6 is 23.2 Å². The molecule has 10 nitrogen and oxygen atoms in total. The van der Waals surface area contributed by atoms with E-state index in [0.29, 0.717) is 21.4 Å². The van der Waals surface area contributed by atoms with Crippen molar-refractivity contribution in [1.82, 2.24) is 0 Å². The third-order valence-corrected chi connectivity index (χ3v) is 3.22. The molecule has 0 radical (unpaired) electrons. The molecule has 0 atom stereocenters. The van der Waals surface area contributed by atoms with Crippen LogP contribution in [-0.4, -0.2) is 23.8 Å². The lowest BCUT2D eigenvalue weighted by molar-refractivity contribution is 1.38. The smallest absolute Gasteiger partial charge is 0.223 e. The molecule has 12 heteroatoms. The SMILES string of the molecule is NC(N)=NC(N)=Nc1ccc(Cl)cc1.NC(N)=NC(N)=Nc1ccccc1Cl. The largest absolute Gasteiger partial charge is 0.370 e. The number of guanidine groups is 4. The molecule has 0 fully saturated rings. The molecule has 2 aromatic carbocycles. The Morgan fingerprint density at radius 3 is 1.64 bits per heavy atom. The van der Waals surface area contributed by atoms with E-state index in [-0.39, 0.29) is 23.8 Å². The van der Waals surface area contributed by atoms with E-state index in [0.717, 1.165) is 0 Å². The summed E-state index contributed by atoms with van der Waals surface area (Å²) in [6.45, 7) is 0. The number of benzene rings is 2. The highest BCUT2D eigenvalue weighted by atomic mass is 35.5. The molecule has 0 spiro atoms. The van der Waals surface area contributed by atoms with Crippen molar-refractivity contribution >= 4 is 58.4 Å². The maximum absolute atomic E-state index is 5.83. The molecule has 0 aliphatic heterocycles. The standard InChI is InChI=1S/2C8H10ClN5/c9-5-1-3-6(4-2-5)13-8(12)14-7(10)11;9-5-3-1-2-4-6(5)13-8(12)14-7(10)11/h2*1-4H,(H6,10,11,12,13,14). The van der Waals surface area contributed by atoms with Crippen LogP contribution in [0.25, 0.3) is 0 Å². The minimum Gasteiger partial charge on any atom is -0.370 e. The molecular formula is C16H20Cl2N10. The Bertz CT molecular complexity index is 896. The van der Waals surface area contributed by atoms with Gasteiger partial charge in [-0.05, 0) is 36.4 Å². The Kier molecular flexibility index (Phi) is 9.07. The second-order valence-electron chi connectivity index (χ2n) is 4.94. The van der Waals surface area contributed by atoms with Gasteiger partial charge in [0.05, 0.1) is 16.4 Å². The van der Waals surface area contributed by atoms with Gasteiger partial charge < -0.3 is 34.4 Å². The summed E-state index contributed by atoms with van der Waals surface area (Å²) in [6.07, 6.45) is 0. The molecule has 28 heavy (non-hydrogen) atoms. The van der Waals surface area contributed by atoms with Gasteiger partial charge >= 0.3 is 0 Å². The predicted octanol–water partition coefficient (Wildman–Crippen LogP) is 1.12. The fourth-order valence-corrected chi connectivity index (χ4v) is 1.93. The van der Waals surface area contributed by atoms with Crippen LogP contribution < -0.4 is 34.4 Å². The molecule has 148 valence electrons. The fourth-order valence-electron chi connectivity index (χ4n) is 1.63. The van der Waals surface area contributed by atoms with Crippen LogP contribution in [0.1, 0.15) is 0 Å². The van der Waals surface area contributed by atoms with Gasteiger partial charge in [-0.25, -0.2) is 9.98 Å². The van der Waals surface area contributed by atoms with Crippen molar-refractivity contribution in [1.29, 1.82) is 0 Å². The summed E-state index contributed by atoms with van der Waals surface area (Å²) in [7, 11) is 0.